The van der Waals surface area contributed by atoms with Gasteiger partial charge in [0.1, 0.15) is 5.51 Å². The van der Waals surface area contributed by atoms with E-state index < -0.39 is 0 Å². The van der Waals surface area contributed by atoms with Crippen LogP contribution < -0.4 is 11.1 Å². The quantitative estimate of drug-likeness (QED) is 0.762. The highest BCUT2D eigenvalue weighted by atomic mass is 32.1. The number of anilines is 1. The molecule has 72 valence electrons. The molecular weight excluding hydrogens is 184 g/mol. The van der Waals surface area contributed by atoms with Gasteiger partial charge in [0.25, 0.3) is 0 Å². The maximum absolute atomic E-state index is 5.82. The van der Waals surface area contributed by atoms with E-state index in [1.807, 2.05) is 0 Å². The molecule has 0 amide bonds. The minimum atomic E-state index is 0.418. The van der Waals surface area contributed by atoms with Crippen LogP contribution in [0.5, 0.6) is 0 Å². The van der Waals surface area contributed by atoms with Crippen molar-refractivity contribution in [2.24, 2.45) is 11.7 Å². The van der Waals surface area contributed by atoms with Crippen LogP contribution in [0.4, 0.5) is 5.13 Å². The van der Waals surface area contributed by atoms with E-state index in [2.05, 4.69) is 15.5 Å². The van der Waals surface area contributed by atoms with E-state index in [9.17, 15) is 0 Å². The van der Waals surface area contributed by atoms with E-state index in [4.69, 9.17) is 5.73 Å². The predicted molar refractivity (Wildman–Crippen MR) is 53.7 cm³/mol. The van der Waals surface area contributed by atoms with E-state index in [0.29, 0.717) is 6.04 Å². The first kappa shape index (κ1) is 8.90. The molecule has 3 N–H and O–H groups in total. The highest BCUT2D eigenvalue weighted by Gasteiger charge is 2.21. The van der Waals surface area contributed by atoms with Crippen molar-refractivity contribution in [3.8, 4) is 0 Å². The molecule has 0 spiro atoms. The summed E-state index contributed by atoms with van der Waals surface area (Å²) in [4.78, 5) is 0. The lowest BCUT2D eigenvalue weighted by Crippen LogP contribution is -2.17. The van der Waals surface area contributed by atoms with Crippen LogP contribution in [0.15, 0.2) is 5.51 Å². The first-order valence-corrected chi connectivity index (χ1v) is 5.48. The maximum Gasteiger partial charge on any atom is 0.205 e. The number of rotatable bonds is 3. The van der Waals surface area contributed by atoms with E-state index in [-0.39, 0.29) is 0 Å². The first-order valence-electron chi connectivity index (χ1n) is 4.60. The highest BCUT2D eigenvalue weighted by Crippen LogP contribution is 2.24. The molecule has 1 aromatic rings. The summed E-state index contributed by atoms with van der Waals surface area (Å²) in [5, 5.41) is 11.9. The average molecular weight is 198 g/mol. The SMILES string of the molecule is NC1CCC(CNc2nncs2)C1. The van der Waals surface area contributed by atoms with Gasteiger partial charge in [-0.05, 0) is 25.2 Å². The van der Waals surface area contributed by atoms with Gasteiger partial charge < -0.3 is 11.1 Å². The molecule has 1 saturated carbocycles. The zero-order valence-corrected chi connectivity index (χ0v) is 8.26. The maximum atomic E-state index is 5.82. The van der Waals surface area contributed by atoms with Crippen molar-refractivity contribution in [1.29, 1.82) is 0 Å². The molecular formula is C8H14N4S. The van der Waals surface area contributed by atoms with E-state index in [0.717, 1.165) is 24.0 Å². The van der Waals surface area contributed by atoms with Crippen LogP contribution in [-0.4, -0.2) is 22.8 Å². The van der Waals surface area contributed by atoms with Gasteiger partial charge in [-0.15, -0.1) is 10.2 Å². The van der Waals surface area contributed by atoms with Gasteiger partial charge in [0.15, 0.2) is 0 Å². The van der Waals surface area contributed by atoms with Crippen LogP contribution in [0.3, 0.4) is 0 Å². The van der Waals surface area contributed by atoms with Crippen molar-refractivity contribution in [3.05, 3.63) is 5.51 Å². The summed E-state index contributed by atoms with van der Waals surface area (Å²) in [5.74, 6) is 0.721. The first-order chi connectivity index (χ1) is 6.34. The Bertz CT molecular complexity index is 249. The summed E-state index contributed by atoms with van der Waals surface area (Å²) in [6.07, 6.45) is 3.56. The zero-order valence-electron chi connectivity index (χ0n) is 7.44. The molecule has 2 rings (SSSR count). The number of hydrogen-bond donors (Lipinski definition) is 2. The lowest BCUT2D eigenvalue weighted by Gasteiger charge is -2.08. The fourth-order valence-corrected chi connectivity index (χ4v) is 2.24. The van der Waals surface area contributed by atoms with Crippen LogP contribution in [0, 0.1) is 5.92 Å². The summed E-state index contributed by atoms with van der Waals surface area (Å²) in [5.41, 5.74) is 7.56. The average Bonchev–Trinajstić information content (AvgIpc) is 2.71. The Balaban J connectivity index is 1.74. The van der Waals surface area contributed by atoms with Gasteiger partial charge in [-0.1, -0.05) is 11.3 Å². The second-order valence-corrected chi connectivity index (χ2v) is 4.40. The molecule has 1 aliphatic rings. The largest absolute Gasteiger partial charge is 0.360 e. The van der Waals surface area contributed by atoms with Gasteiger partial charge in [0.2, 0.25) is 5.13 Å². The fraction of sp³-hybridized carbons (Fsp3) is 0.750. The van der Waals surface area contributed by atoms with Crippen molar-refractivity contribution < 1.29 is 0 Å². The van der Waals surface area contributed by atoms with Gasteiger partial charge >= 0.3 is 0 Å². The van der Waals surface area contributed by atoms with E-state index >= 15 is 0 Å². The van der Waals surface area contributed by atoms with Gasteiger partial charge in [-0.3, -0.25) is 0 Å². The third-order valence-corrected chi connectivity index (χ3v) is 3.13. The Labute approximate surface area is 81.6 Å². The number of nitrogens with two attached hydrogens (primary N) is 1. The Kier molecular flexibility index (Phi) is 2.75. The lowest BCUT2D eigenvalue weighted by molar-refractivity contribution is 0.565. The molecule has 1 aliphatic carbocycles. The zero-order chi connectivity index (χ0) is 9.10. The molecule has 1 fully saturated rings. The van der Waals surface area contributed by atoms with Gasteiger partial charge in [0.05, 0.1) is 0 Å². The van der Waals surface area contributed by atoms with Gasteiger partial charge in [-0.25, -0.2) is 0 Å². The second kappa shape index (κ2) is 4.02. The van der Waals surface area contributed by atoms with Crippen LogP contribution in [0.25, 0.3) is 0 Å². The van der Waals surface area contributed by atoms with Crippen molar-refractivity contribution in [2.45, 2.75) is 25.3 Å². The third-order valence-electron chi connectivity index (χ3n) is 2.48. The molecule has 4 nitrogen and oxygen atoms in total. The third kappa shape index (κ3) is 2.38. The fourth-order valence-electron chi connectivity index (χ4n) is 1.78. The molecule has 0 bridgehead atoms. The second-order valence-electron chi connectivity index (χ2n) is 3.56. The van der Waals surface area contributed by atoms with Crippen molar-refractivity contribution >= 4 is 16.5 Å². The van der Waals surface area contributed by atoms with Crippen molar-refractivity contribution in [3.63, 3.8) is 0 Å². The molecule has 5 heteroatoms. The van der Waals surface area contributed by atoms with Gasteiger partial charge in [-0.2, -0.15) is 0 Å². The number of hydrogen-bond acceptors (Lipinski definition) is 5. The smallest absolute Gasteiger partial charge is 0.205 e. The Hall–Kier alpha value is -0.680. The number of nitrogens with zero attached hydrogens (tertiary/aromatic N) is 2. The van der Waals surface area contributed by atoms with Crippen LogP contribution in [-0.2, 0) is 0 Å². The van der Waals surface area contributed by atoms with Crippen LogP contribution in [0.1, 0.15) is 19.3 Å². The summed E-state index contributed by atoms with van der Waals surface area (Å²) in [6.45, 7) is 0.989. The molecule has 0 saturated heterocycles. The Morgan fingerprint density at radius 3 is 3.15 bits per heavy atom. The van der Waals surface area contributed by atoms with E-state index in [1.165, 1.54) is 12.8 Å². The normalized spacial score (nSPS) is 27.8. The van der Waals surface area contributed by atoms with Crippen molar-refractivity contribution in [1.82, 2.24) is 10.2 Å². The Morgan fingerprint density at radius 1 is 1.62 bits per heavy atom. The monoisotopic (exact) mass is 198 g/mol. The number of aromatic nitrogens is 2. The molecule has 1 aromatic heterocycles. The Morgan fingerprint density at radius 2 is 2.54 bits per heavy atom. The summed E-state index contributed by atoms with van der Waals surface area (Å²) < 4.78 is 0. The summed E-state index contributed by atoms with van der Waals surface area (Å²) >= 11 is 1.54. The highest BCUT2D eigenvalue weighted by molar-refractivity contribution is 7.13. The summed E-state index contributed by atoms with van der Waals surface area (Å²) in [7, 11) is 0. The molecule has 2 atom stereocenters. The topological polar surface area (TPSA) is 63.8 Å². The standard InChI is InChI=1S/C8H14N4S/c9-7-2-1-6(3-7)4-10-8-12-11-5-13-8/h5-7H,1-4,9H2,(H,10,12). The molecule has 0 aliphatic heterocycles. The molecule has 1 heterocycles. The van der Waals surface area contributed by atoms with Crippen LogP contribution >= 0.6 is 11.3 Å². The van der Waals surface area contributed by atoms with Crippen molar-refractivity contribution in [2.75, 3.05) is 11.9 Å². The minimum Gasteiger partial charge on any atom is -0.360 e. The molecule has 2 unspecified atom stereocenters. The molecule has 0 aromatic carbocycles. The number of nitrogens with one attached hydrogen (secondary N) is 1. The molecule has 13 heavy (non-hydrogen) atoms. The predicted octanol–water partition coefficient (Wildman–Crippen LogP) is 1.08. The van der Waals surface area contributed by atoms with E-state index in [1.54, 1.807) is 16.8 Å². The lowest BCUT2D eigenvalue weighted by atomic mass is 10.1. The molecule has 0 radical (unpaired) electrons. The van der Waals surface area contributed by atoms with Crippen LogP contribution in [0.2, 0.25) is 0 Å². The van der Waals surface area contributed by atoms with Gasteiger partial charge in [0, 0.05) is 12.6 Å². The minimum absolute atomic E-state index is 0.418. The summed E-state index contributed by atoms with van der Waals surface area (Å²) in [6, 6.07) is 0.418.